The molecule has 3 aliphatic rings. The van der Waals surface area contributed by atoms with E-state index in [0.717, 1.165) is 38.8 Å². The predicted molar refractivity (Wildman–Crippen MR) is 84.2 cm³/mol. The zero-order valence-electron chi connectivity index (χ0n) is 12.9. The van der Waals surface area contributed by atoms with Gasteiger partial charge < -0.3 is 14.7 Å². The van der Waals surface area contributed by atoms with Crippen LogP contribution in [0.1, 0.15) is 45.4 Å². The summed E-state index contributed by atoms with van der Waals surface area (Å²) in [6.07, 6.45) is 6.35. The smallest absolute Gasteiger partial charge is 0.0704 e. The summed E-state index contributed by atoms with van der Waals surface area (Å²) >= 11 is 2.05. The Kier molecular flexibility index (Phi) is 4.38. The topological polar surface area (TPSA) is 32.7 Å². The summed E-state index contributed by atoms with van der Waals surface area (Å²) in [6, 6.07) is 0.495. The van der Waals surface area contributed by atoms with Gasteiger partial charge in [0.05, 0.1) is 11.2 Å². The van der Waals surface area contributed by atoms with Crippen molar-refractivity contribution in [3.8, 4) is 0 Å². The van der Waals surface area contributed by atoms with Gasteiger partial charge in [0.15, 0.2) is 0 Å². The van der Waals surface area contributed by atoms with Crippen molar-refractivity contribution in [1.82, 2.24) is 4.90 Å². The van der Waals surface area contributed by atoms with E-state index < -0.39 is 5.60 Å². The van der Waals surface area contributed by atoms with Crippen molar-refractivity contribution in [2.45, 2.75) is 62.7 Å². The van der Waals surface area contributed by atoms with Gasteiger partial charge in [-0.05, 0) is 69.9 Å². The van der Waals surface area contributed by atoms with Gasteiger partial charge in [-0.2, -0.15) is 11.8 Å². The lowest BCUT2D eigenvalue weighted by molar-refractivity contribution is -0.162. The van der Waals surface area contributed by atoms with Gasteiger partial charge in [0.2, 0.25) is 0 Å². The van der Waals surface area contributed by atoms with E-state index >= 15 is 0 Å². The van der Waals surface area contributed by atoms with Crippen LogP contribution in [0.15, 0.2) is 0 Å². The number of thioether (sulfide) groups is 1. The molecule has 116 valence electrons. The van der Waals surface area contributed by atoms with E-state index in [1.807, 2.05) is 11.8 Å². The Morgan fingerprint density at radius 3 is 2.65 bits per heavy atom. The molecule has 0 saturated carbocycles. The van der Waals surface area contributed by atoms with Crippen molar-refractivity contribution in [2.24, 2.45) is 5.92 Å². The number of aliphatic hydroxyl groups is 1. The molecule has 3 saturated heterocycles. The number of likely N-dealkylation sites (tertiary alicyclic amines) is 1. The van der Waals surface area contributed by atoms with Crippen LogP contribution in [0.2, 0.25) is 0 Å². The van der Waals surface area contributed by atoms with E-state index in [1.165, 1.54) is 24.3 Å². The molecule has 20 heavy (non-hydrogen) atoms. The minimum atomic E-state index is -0.451. The van der Waals surface area contributed by atoms with Crippen molar-refractivity contribution in [1.29, 1.82) is 0 Å². The summed E-state index contributed by atoms with van der Waals surface area (Å²) in [6.45, 7) is 4.12. The average Bonchev–Trinajstić information content (AvgIpc) is 2.44. The van der Waals surface area contributed by atoms with E-state index in [2.05, 4.69) is 18.9 Å². The molecule has 0 bridgehead atoms. The van der Waals surface area contributed by atoms with Crippen molar-refractivity contribution in [3.63, 3.8) is 0 Å². The van der Waals surface area contributed by atoms with Crippen LogP contribution in [-0.4, -0.2) is 59.0 Å². The number of rotatable bonds is 1. The minimum absolute atomic E-state index is 0.0937. The van der Waals surface area contributed by atoms with E-state index in [4.69, 9.17) is 4.74 Å². The highest BCUT2D eigenvalue weighted by molar-refractivity contribution is 7.99. The number of piperidine rings is 1. The first-order chi connectivity index (χ1) is 9.53. The van der Waals surface area contributed by atoms with Crippen LogP contribution in [0.4, 0.5) is 0 Å². The van der Waals surface area contributed by atoms with E-state index in [9.17, 15) is 5.11 Å². The molecule has 0 radical (unpaired) electrons. The van der Waals surface area contributed by atoms with Crippen molar-refractivity contribution < 1.29 is 9.84 Å². The SMILES string of the molecule is CC1CC(O)(C2CCOC3(CCSCC3)C2)CCN1C. The third-order valence-electron chi connectivity index (χ3n) is 5.96. The second-order valence-electron chi connectivity index (χ2n) is 7.22. The fourth-order valence-electron chi connectivity index (χ4n) is 4.31. The molecule has 3 unspecified atom stereocenters. The number of nitrogens with zero attached hydrogens (tertiary/aromatic N) is 1. The Morgan fingerprint density at radius 1 is 1.20 bits per heavy atom. The number of hydrogen-bond acceptors (Lipinski definition) is 4. The highest BCUT2D eigenvalue weighted by Crippen LogP contribution is 2.46. The summed E-state index contributed by atoms with van der Waals surface area (Å²) in [5.74, 6) is 2.89. The van der Waals surface area contributed by atoms with Crippen molar-refractivity contribution in [3.05, 3.63) is 0 Å². The molecule has 1 N–H and O–H groups in total. The van der Waals surface area contributed by atoms with Gasteiger partial charge in [0.25, 0.3) is 0 Å². The monoisotopic (exact) mass is 299 g/mol. The van der Waals surface area contributed by atoms with E-state index in [1.54, 1.807) is 0 Å². The molecule has 0 aliphatic carbocycles. The molecule has 0 amide bonds. The van der Waals surface area contributed by atoms with Gasteiger partial charge in [-0.25, -0.2) is 0 Å². The van der Waals surface area contributed by atoms with Crippen LogP contribution in [-0.2, 0) is 4.74 Å². The fraction of sp³-hybridized carbons (Fsp3) is 1.00. The Labute approximate surface area is 127 Å². The Balaban J connectivity index is 1.69. The lowest BCUT2D eigenvalue weighted by Gasteiger charge is -2.51. The van der Waals surface area contributed by atoms with Crippen molar-refractivity contribution >= 4 is 11.8 Å². The zero-order chi connectivity index (χ0) is 14.2. The molecular weight excluding hydrogens is 270 g/mol. The molecule has 3 aliphatic heterocycles. The summed E-state index contributed by atoms with van der Waals surface area (Å²) in [5.41, 5.74) is -0.357. The molecule has 1 spiro atoms. The molecule has 4 heteroatoms. The summed E-state index contributed by atoms with van der Waals surface area (Å²) in [7, 11) is 2.17. The molecular formula is C16H29NO2S. The van der Waals surface area contributed by atoms with Gasteiger partial charge in [0.1, 0.15) is 0 Å². The van der Waals surface area contributed by atoms with Gasteiger partial charge in [-0.15, -0.1) is 0 Å². The first-order valence-corrected chi connectivity index (χ1v) is 9.33. The maximum Gasteiger partial charge on any atom is 0.0704 e. The third-order valence-corrected chi connectivity index (χ3v) is 6.94. The van der Waals surface area contributed by atoms with Crippen LogP contribution in [0.3, 0.4) is 0 Å². The molecule has 0 aromatic rings. The maximum absolute atomic E-state index is 11.2. The predicted octanol–water partition coefficient (Wildman–Crippen LogP) is 2.52. The normalized spacial score (nSPS) is 42.8. The second kappa shape index (κ2) is 5.79. The number of ether oxygens (including phenoxy) is 1. The second-order valence-corrected chi connectivity index (χ2v) is 8.45. The summed E-state index contributed by atoms with van der Waals surface area (Å²) in [4.78, 5) is 2.38. The van der Waals surface area contributed by atoms with Gasteiger partial charge in [0, 0.05) is 19.2 Å². The first-order valence-electron chi connectivity index (χ1n) is 8.17. The standard InChI is InChI=1S/C16H29NO2S/c1-13-11-16(18,4-7-17(13)2)14-3-8-19-15(12-14)5-9-20-10-6-15/h13-14,18H,3-12H2,1-2H3. The first kappa shape index (κ1) is 15.1. The zero-order valence-corrected chi connectivity index (χ0v) is 13.8. The number of hydrogen-bond donors (Lipinski definition) is 1. The van der Waals surface area contributed by atoms with Gasteiger partial charge in [-0.1, -0.05) is 0 Å². The van der Waals surface area contributed by atoms with Crippen LogP contribution >= 0.6 is 11.8 Å². The highest BCUT2D eigenvalue weighted by Gasteiger charge is 2.48. The van der Waals surface area contributed by atoms with Crippen molar-refractivity contribution in [2.75, 3.05) is 31.7 Å². The molecule has 3 rings (SSSR count). The molecule has 0 aromatic heterocycles. The quantitative estimate of drug-likeness (QED) is 0.806. The summed E-state index contributed by atoms with van der Waals surface area (Å²) < 4.78 is 6.19. The van der Waals surface area contributed by atoms with E-state index in [0.29, 0.717) is 12.0 Å². The van der Waals surface area contributed by atoms with Crippen LogP contribution in [0.5, 0.6) is 0 Å². The van der Waals surface area contributed by atoms with Gasteiger partial charge in [-0.3, -0.25) is 0 Å². The average molecular weight is 299 g/mol. The molecule has 3 fully saturated rings. The molecule has 3 atom stereocenters. The lowest BCUT2D eigenvalue weighted by atomic mass is 9.69. The molecule has 0 aromatic carbocycles. The largest absolute Gasteiger partial charge is 0.389 e. The lowest BCUT2D eigenvalue weighted by Crippen LogP contribution is -2.55. The maximum atomic E-state index is 11.2. The Morgan fingerprint density at radius 2 is 1.95 bits per heavy atom. The van der Waals surface area contributed by atoms with Gasteiger partial charge >= 0.3 is 0 Å². The summed E-state index contributed by atoms with van der Waals surface area (Å²) in [5, 5.41) is 11.2. The van der Waals surface area contributed by atoms with Crippen LogP contribution < -0.4 is 0 Å². The Bertz CT molecular complexity index is 340. The highest BCUT2D eigenvalue weighted by atomic mass is 32.2. The molecule has 3 nitrogen and oxygen atoms in total. The van der Waals surface area contributed by atoms with Crippen LogP contribution in [0.25, 0.3) is 0 Å². The van der Waals surface area contributed by atoms with Crippen LogP contribution in [0, 0.1) is 5.92 Å². The Hall–Kier alpha value is 0.230. The fourth-order valence-corrected chi connectivity index (χ4v) is 5.55. The third kappa shape index (κ3) is 2.90. The minimum Gasteiger partial charge on any atom is -0.389 e. The molecule has 3 heterocycles. The van der Waals surface area contributed by atoms with E-state index in [-0.39, 0.29) is 5.60 Å².